The Balaban J connectivity index is 1.92. The molecule has 2 aromatic carbocycles. The van der Waals surface area contributed by atoms with Gasteiger partial charge >= 0.3 is 0 Å². The molecule has 150 valence electrons. The molecule has 0 aromatic heterocycles. The van der Waals surface area contributed by atoms with Gasteiger partial charge in [0.15, 0.2) is 18.1 Å². The average Bonchev–Trinajstić information content (AvgIpc) is 2.68. The highest BCUT2D eigenvalue weighted by Crippen LogP contribution is 2.36. The fraction of sp³-hybridized carbons (Fsp3) is 0.300. The molecule has 0 saturated carbocycles. The number of nitrogens with one attached hydrogen (secondary N) is 1. The van der Waals surface area contributed by atoms with Crippen molar-refractivity contribution in [3.63, 3.8) is 0 Å². The summed E-state index contributed by atoms with van der Waals surface area (Å²) in [6.07, 6.45) is 1.41. The number of ether oxygens (including phenoxy) is 4. The third-order valence-electron chi connectivity index (χ3n) is 3.44. The van der Waals surface area contributed by atoms with Gasteiger partial charge in [0.05, 0.1) is 31.6 Å². The van der Waals surface area contributed by atoms with E-state index in [4.69, 9.17) is 30.5 Å². The number of hydrazone groups is 1. The first-order valence-electron chi connectivity index (χ1n) is 8.56. The molecule has 2 aromatic rings. The fourth-order valence-electron chi connectivity index (χ4n) is 2.20. The summed E-state index contributed by atoms with van der Waals surface area (Å²) in [5.74, 6) is 1.81. The summed E-state index contributed by atoms with van der Waals surface area (Å²) < 4.78 is 21.4. The molecule has 0 fully saturated rings. The van der Waals surface area contributed by atoms with E-state index in [9.17, 15) is 4.79 Å². The number of rotatable bonds is 9. The van der Waals surface area contributed by atoms with E-state index in [1.54, 1.807) is 43.5 Å². The molecule has 0 heterocycles. The lowest BCUT2D eigenvalue weighted by Crippen LogP contribution is -2.24. The minimum Gasteiger partial charge on any atom is -0.497 e. The lowest BCUT2D eigenvalue weighted by molar-refractivity contribution is -0.123. The Morgan fingerprint density at radius 2 is 1.82 bits per heavy atom. The van der Waals surface area contributed by atoms with E-state index in [-0.39, 0.29) is 12.7 Å². The largest absolute Gasteiger partial charge is 0.497 e. The van der Waals surface area contributed by atoms with Crippen LogP contribution in [0, 0.1) is 0 Å². The van der Waals surface area contributed by atoms with Crippen LogP contribution in [0.5, 0.6) is 23.0 Å². The van der Waals surface area contributed by atoms with Gasteiger partial charge in [-0.2, -0.15) is 5.10 Å². The maximum Gasteiger partial charge on any atom is 0.277 e. The summed E-state index contributed by atoms with van der Waals surface area (Å²) in [5.41, 5.74) is 3.04. The van der Waals surface area contributed by atoms with Gasteiger partial charge in [-0.3, -0.25) is 4.79 Å². The predicted molar refractivity (Wildman–Crippen MR) is 108 cm³/mol. The Bertz CT molecular complexity index is 822. The minimum absolute atomic E-state index is 0.0455. The standard InChI is InChI=1S/C20H23ClN2O5/c1-13(2)28-20-17(21)9-14(10-18(20)26-4)11-22-23-19(24)12-27-16-7-5-15(25-3)6-8-16/h5-11,13H,12H2,1-4H3,(H,23,24)/b22-11-. The molecule has 1 amide bonds. The second-order valence-electron chi connectivity index (χ2n) is 5.96. The molecule has 8 heteroatoms. The molecule has 0 aliphatic carbocycles. The number of hydrogen-bond acceptors (Lipinski definition) is 6. The van der Waals surface area contributed by atoms with Crippen LogP contribution in [0.4, 0.5) is 0 Å². The molecule has 0 atom stereocenters. The van der Waals surface area contributed by atoms with Crippen LogP contribution in [0.15, 0.2) is 41.5 Å². The van der Waals surface area contributed by atoms with Crippen molar-refractivity contribution >= 4 is 23.7 Å². The van der Waals surface area contributed by atoms with Crippen LogP contribution >= 0.6 is 11.6 Å². The Kier molecular flexibility index (Phi) is 7.95. The number of carbonyl (C=O) groups excluding carboxylic acids is 1. The fourth-order valence-corrected chi connectivity index (χ4v) is 2.46. The quantitative estimate of drug-likeness (QED) is 0.507. The first-order valence-corrected chi connectivity index (χ1v) is 8.93. The van der Waals surface area contributed by atoms with Crippen LogP contribution in [0.1, 0.15) is 19.4 Å². The molecule has 0 unspecified atom stereocenters. The van der Waals surface area contributed by atoms with Crippen LogP contribution < -0.4 is 24.4 Å². The molecule has 0 aliphatic heterocycles. The average molecular weight is 407 g/mol. The number of halogens is 1. The Morgan fingerprint density at radius 1 is 1.14 bits per heavy atom. The monoisotopic (exact) mass is 406 g/mol. The van der Waals surface area contributed by atoms with Gasteiger partial charge in [0.2, 0.25) is 0 Å². The lowest BCUT2D eigenvalue weighted by atomic mass is 10.2. The summed E-state index contributed by atoms with van der Waals surface area (Å²) >= 11 is 6.26. The number of methoxy groups -OCH3 is 2. The highest BCUT2D eigenvalue weighted by molar-refractivity contribution is 6.32. The Hall–Kier alpha value is -2.93. The van der Waals surface area contributed by atoms with Gasteiger partial charge in [0.1, 0.15) is 11.5 Å². The molecule has 7 nitrogen and oxygen atoms in total. The molecule has 0 radical (unpaired) electrons. The summed E-state index contributed by atoms with van der Waals surface area (Å²) in [7, 11) is 3.10. The van der Waals surface area contributed by atoms with Gasteiger partial charge in [-0.15, -0.1) is 0 Å². The molecule has 0 spiro atoms. The van der Waals surface area contributed by atoms with Crippen LogP contribution in [-0.2, 0) is 4.79 Å². The molecule has 0 bridgehead atoms. The summed E-state index contributed by atoms with van der Waals surface area (Å²) in [6.45, 7) is 3.62. The number of benzene rings is 2. The van der Waals surface area contributed by atoms with Gasteiger partial charge in [-0.1, -0.05) is 11.6 Å². The van der Waals surface area contributed by atoms with Gasteiger partial charge in [0, 0.05) is 0 Å². The van der Waals surface area contributed by atoms with E-state index < -0.39 is 5.91 Å². The molecule has 2 rings (SSSR count). The number of nitrogens with zero attached hydrogens (tertiary/aromatic N) is 1. The summed E-state index contributed by atoms with van der Waals surface area (Å²) in [5, 5.41) is 4.30. The van der Waals surface area contributed by atoms with E-state index in [1.807, 2.05) is 13.8 Å². The maximum atomic E-state index is 11.8. The van der Waals surface area contributed by atoms with E-state index >= 15 is 0 Å². The second-order valence-corrected chi connectivity index (χ2v) is 6.37. The van der Waals surface area contributed by atoms with Crippen molar-refractivity contribution in [1.29, 1.82) is 0 Å². The Morgan fingerprint density at radius 3 is 2.43 bits per heavy atom. The third kappa shape index (κ3) is 6.35. The molecular weight excluding hydrogens is 384 g/mol. The zero-order valence-electron chi connectivity index (χ0n) is 16.2. The van der Waals surface area contributed by atoms with Crippen LogP contribution in [0.2, 0.25) is 5.02 Å². The highest BCUT2D eigenvalue weighted by Gasteiger charge is 2.13. The Labute approximate surface area is 169 Å². The molecule has 0 saturated heterocycles. The summed E-state index contributed by atoms with van der Waals surface area (Å²) in [4.78, 5) is 11.8. The van der Waals surface area contributed by atoms with Crippen molar-refractivity contribution in [3.05, 3.63) is 47.0 Å². The maximum absolute atomic E-state index is 11.8. The SMILES string of the molecule is COc1ccc(OCC(=O)N/N=C\c2cc(Cl)c(OC(C)C)c(OC)c2)cc1. The van der Waals surface area contributed by atoms with E-state index in [0.29, 0.717) is 33.6 Å². The topological polar surface area (TPSA) is 78.4 Å². The first-order chi connectivity index (χ1) is 13.4. The van der Waals surface area contributed by atoms with Gasteiger partial charge in [0.25, 0.3) is 5.91 Å². The van der Waals surface area contributed by atoms with Gasteiger partial charge in [-0.05, 0) is 55.8 Å². The number of carbonyl (C=O) groups is 1. The van der Waals surface area contributed by atoms with E-state index in [2.05, 4.69) is 10.5 Å². The number of amides is 1. The molecule has 28 heavy (non-hydrogen) atoms. The van der Waals surface area contributed by atoms with Gasteiger partial charge in [-0.25, -0.2) is 5.43 Å². The first kappa shape index (κ1) is 21.4. The van der Waals surface area contributed by atoms with Crippen LogP contribution in [-0.4, -0.2) is 39.1 Å². The smallest absolute Gasteiger partial charge is 0.277 e. The van der Waals surface area contributed by atoms with Crippen molar-refractivity contribution in [2.24, 2.45) is 5.10 Å². The van der Waals surface area contributed by atoms with Crippen molar-refractivity contribution in [2.75, 3.05) is 20.8 Å². The van der Waals surface area contributed by atoms with E-state index in [1.165, 1.54) is 13.3 Å². The molecule has 0 aliphatic rings. The lowest BCUT2D eigenvalue weighted by Gasteiger charge is -2.15. The van der Waals surface area contributed by atoms with Crippen LogP contribution in [0.25, 0.3) is 0 Å². The molecule has 1 N–H and O–H groups in total. The minimum atomic E-state index is -0.398. The number of hydrogen-bond donors (Lipinski definition) is 1. The van der Waals surface area contributed by atoms with Crippen molar-refractivity contribution in [2.45, 2.75) is 20.0 Å². The second kappa shape index (κ2) is 10.4. The highest BCUT2D eigenvalue weighted by atomic mass is 35.5. The molecular formula is C20H23ClN2O5. The van der Waals surface area contributed by atoms with E-state index in [0.717, 1.165) is 0 Å². The zero-order chi connectivity index (χ0) is 20.5. The van der Waals surface area contributed by atoms with Crippen molar-refractivity contribution < 1.29 is 23.7 Å². The van der Waals surface area contributed by atoms with Crippen molar-refractivity contribution in [3.8, 4) is 23.0 Å². The third-order valence-corrected chi connectivity index (χ3v) is 3.72. The van der Waals surface area contributed by atoms with Crippen LogP contribution in [0.3, 0.4) is 0 Å². The predicted octanol–water partition coefficient (Wildman–Crippen LogP) is 3.67. The van der Waals surface area contributed by atoms with Gasteiger partial charge < -0.3 is 18.9 Å². The normalized spacial score (nSPS) is 10.8. The summed E-state index contributed by atoms with van der Waals surface area (Å²) in [6, 6.07) is 10.3. The zero-order valence-corrected chi connectivity index (χ0v) is 16.9. The van der Waals surface area contributed by atoms with Crippen molar-refractivity contribution in [1.82, 2.24) is 5.43 Å².